The van der Waals surface area contributed by atoms with E-state index in [1.165, 1.54) is 44.9 Å². The van der Waals surface area contributed by atoms with Crippen LogP contribution in [0.3, 0.4) is 0 Å². The van der Waals surface area contributed by atoms with Crippen molar-refractivity contribution in [1.82, 2.24) is 0 Å². The van der Waals surface area contributed by atoms with E-state index in [9.17, 15) is 0 Å². The van der Waals surface area contributed by atoms with E-state index < -0.39 is 0 Å². The summed E-state index contributed by atoms with van der Waals surface area (Å²) in [4.78, 5) is 0. The smallest absolute Gasteiger partial charge is 0.00697 e. The molecule has 2 N–H and O–H groups in total. The van der Waals surface area contributed by atoms with Crippen LogP contribution in [0.5, 0.6) is 0 Å². The fourth-order valence-electron chi connectivity index (χ4n) is 2.58. The summed E-state index contributed by atoms with van der Waals surface area (Å²) >= 11 is 0. The summed E-state index contributed by atoms with van der Waals surface area (Å²) in [5.74, 6) is 1.72. The highest BCUT2D eigenvalue weighted by molar-refractivity contribution is 4.79. The van der Waals surface area contributed by atoms with Crippen molar-refractivity contribution in [3.05, 3.63) is 0 Å². The Morgan fingerprint density at radius 2 is 1.69 bits per heavy atom. The zero-order chi connectivity index (χ0) is 9.68. The van der Waals surface area contributed by atoms with Crippen LogP contribution >= 0.6 is 0 Å². The molecule has 0 amide bonds. The van der Waals surface area contributed by atoms with Crippen molar-refractivity contribution >= 4 is 0 Å². The highest BCUT2D eigenvalue weighted by atomic mass is 14.7. The second-order valence-corrected chi connectivity index (χ2v) is 4.63. The van der Waals surface area contributed by atoms with Crippen molar-refractivity contribution in [1.29, 1.82) is 0 Å². The Bertz CT molecular complexity index is 123. The lowest BCUT2D eigenvalue weighted by molar-refractivity contribution is 0.332. The van der Waals surface area contributed by atoms with Crippen molar-refractivity contribution in [2.45, 2.75) is 64.8 Å². The lowest BCUT2D eigenvalue weighted by Crippen LogP contribution is -2.30. The van der Waals surface area contributed by atoms with E-state index in [4.69, 9.17) is 5.73 Å². The van der Waals surface area contributed by atoms with Crippen LogP contribution in [-0.4, -0.2) is 6.04 Å². The van der Waals surface area contributed by atoms with Gasteiger partial charge in [-0.3, -0.25) is 0 Å². The average molecular weight is 183 g/mol. The molecule has 78 valence electrons. The van der Waals surface area contributed by atoms with E-state index in [1.54, 1.807) is 0 Å². The summed E-state index contributed by atoms with van der Waals surface area (Å²) in [6.45, 7) is 4.57. The molecule has 0 aromatic rings. The van der Waals surface area contributed by atoms with Crippen LogP contribution in [-0.2, 0) is 0 Å². The van der Waals surface area contributed by atoms with Gasteiger partial charge in [-0.15, -0.1) is 0 Å². The molecule has 1 heteroatoms. The lowest BCUT2D eigenvalue weighted by atomic mass is 9.87. The Labute approximate surface area is 83.1 Å². The van der Waals surface area contributed by atoms with Crippen LogP contribution in [0.4, 0.5) is 0 Å². The van der Waals surface area contributed by atoms with Gasteiger partial charge in [0.15, 0.2) is 0 Å². The fourth-order valence-corrected chi connectivity index (χ4v) is 2.58. The zero-order valence-corrected chi connectivity index (χ0v) is 9.26. The maximum Gasteiger partial charge on any atom is 0.00697 e. The Hall–Kier alpha value is -0.0400. The maximum absolute atomic E-state index is 6.23. The molecule has 1 saturated carbocycles. The van der Waals surface area contributed by atoms with Crippen molar-refractivity contribution in [3.63, 3.8) is 0 Å². The van der Waals surface area contributed by atoms with Crippen LogP contribution in [0, 0.1) is 11.8 Å². The Morgan fingerprint density at radius 1 is 1.15 bits per heavy atom. The second kappa shape index (κ2) is 5.64. The Balaban J connectivity index is 2.25. The molecule has 0 bridgehead atoms. The molecule has 1 nitrogen and oxygen atoms in total. The molecular weight excluding hydrogens is 158 g/mol. The largest absolute Gasteiger partial charge is 0.327 e. The first-order chi connectivity index (χ1) is 6.27. The van der Waals surface area contributed by atoms with Crippen molar-refractivity contribution in [2.75, 3.05) is 0 Å². The molecule has 0 aromatic carbocycles. The molecule has 0 aliphatic heterocycles. The molecule has 1 unspecified atom stereocenters. The van der Waals surface area contributed by atoms with Crippen LogP contribution in [0.1, 0.15) is 58.8 Å². The van der Waals surface area contributed by atoms with Gasteiger partial charge in [-0.2, -0.15) is 0 Å². The first-order valence-corrected chi connectivity index (χ1v) is 6.03. The molecule has 1 fully saturated rings. The minimum absolute atomic E-state index is 0.493. The monoisotopic (exact) mass is 183 g/mol. The quantitative estimate of drug-likeness (QED) is 0.695. The zero-order valence-electron chi connectivity index (χ0n) is 9.26. The van der Waals surface area contributed by atoms with Gasteiger partial charge in [0.2, 0.25) is 0 Å². The van der Waals surface area contributed by atoms with Gasteiger partial charge in [0.25, 0.3) is 0 Å². The molecular formula is C12H25N. The van der Waals surface area contributed by atoms with E-state index in [0.29, 0.717) is 6.04 Å². The predicted molar refractivity (Wildman–Crippen MR) is 58.6 cm³/mol. The van der Waals surface area contributed by atoms with Gasteiger partial charge in [0, 0.05) is 6.04 Å². The number of rotatable bonds is 5. The molecule has 1 rings (SSSR count). The lowest BCUT2D eigenvalue weighted by Gasteiger charge is -2.23. The third-order valence-electron chi connectivity index (χ3n) is 3.77. The minimum Gasteiger partial charge on any atom is -0.327 e. The molecule has 0 heterocycles. The van der Waals surface area contributed by atoms with Crippen molar-refractivity contribution in [2.24, 2.45) is 17.6 Å². The van der Waals surface area contributed by atoms with Crippen LogP contribution in [0.25, 0.3) is 0 Å². The fraction of sp³-hybridized carbons (Fsp3) is 1.00. The van der Waals surface area contributed by atoms with Crippen LogP contribution in [0.2, 0.25) is 0 Å². The number of hydrogen-bond acceptors (Lipinski definition) is 1. The molecule has 1 aliphatic carbocycles. The van der Waals surface area contributed by atoms with Gasteiger partial charge >= 0.3 is 0 Å². The van der Waals surface area contributed by atoms with Gasteiger partial charge < -0.3 is 5.73 Å². The van der Waals surface area contributed by atoms with E-state index >= 15 is 0 Å². The highest BCUT2D eigenvalue weighted by Crippen LogP contribution is 2.30. The number of hydrogen-bond donors (Lipinski definition) is 1. The van der Waals surface area contributed by atoms with Crippen LogP contribution in [0.15, 0.2) is 0 Å². The third kappa shape index (κ3) is 3.30. The summed E-state index contributed by atoms with van der Waals surface area (Å²) in [6.07, 6.45) is 9.48. The van der Waals surface area contributed by atoms with Gasteiger partial charge in [0.1, 0.15) is 0 Å². The van der Waals surface area contributed by atoms with Gasteiger partial charge in [-0.05, 0) is 31.1 Å². The summed E-state index contributed by atoms with van der Waals surface area (Å²) in [5, 5.41) is 0. The summed E-state index contributed by atoms with van der Waals surface area (Å²) in [7, 11) is 0. The summed E-state index contributed by atoms with van der Waals surface area (Å²) < 4.78 is 0. The normalized spacial score (nSPS) is 21.2. The molecule has 0 spiro atoms. The second-order valence-electron chi connectivity index (χ2n) is 4.63. The standard InChI is InChI=1S/C12H25N/c1-3-10(4-2)9-12(13)11-7-5-6-8-11/h10-12H,3-9,13H2,1-2H3. The molecule has 0 aromatic heterocycles. The molecule has 0 radical (unpaired) electrons. The summed E-state index contributed by atoms with van der Waals surface area (Å²) in [6, 6.07) is 0.493. The summed E-state index contributed by atoms with van der Waals surface area (Å²) in [5.41, 5.74) is 6.23. The van der Waals surface area contributed by atoms with Gasteiger partial charge in [-0.1, -0.05) is 39.5 Å². The molecule has 1 aliphatic rings. The topological polar surface area (TPSA) is 26.0 Å². The first-order valence-electron chi connectivity index (χ1n) is 6.03. The van der Waals surface area contributed by atoms with E-state index in [-0.39, 0.29) is 0 Å². The SMILES string of the molecule is CCC(CC)CC(N)C1CCCC1. The minimum atomic E-state index is 0.493. The molecule has 0 saturated heterocycles. The van der Waals surface area contributed by atoms with E-state index in [0.717, 1.165) is 11.8 Å². The van der Waals surface area contributed by atoms with Gasteiger partial charge in [0.05, 0.1) is 0 Å². The van der Waals surface area contributed by atoms with Gasteiger partial charge in [-0.25, -0.2) is 0 Å². The maximum atomic E-state index is 6.23. The van der Waals surface area contributed by atoms with Crippen molar-refractivity contribution < 1.29 is 0 Å². The third-order valence-corrected chi connectivity index (χ3v) is 3.77. The first kappa shape index (κ1) is 11.0. The Morgan fingerprint density at radius 3 is 2.15 bits per heavy atom. The number of nitrogens with two attached hydrogens (primary N) is 1. The van der Waals surface area contributed by atoms with E-state index in [1.807, 2.05) is 0 Å². The average Bonchev–Trinajstić information content (AvgIpc) is 2.66. The van der Waals surface area contributed by atoms with Crippen molar-refractivity contribution in [3.8, 4) is 0 Å². The predicted octanol–water partition coefficient (Wildman–Crippen LogP) is 3.33. The van der Waals surface area contributed by atoms with E-state index in [2.05, 4.69) is 13.8 Å². The molecule has 1 atom stereocenters. The molecule has 13 heavy (non-hydrogen) atoms. The Kier molecular flexibility index (Phi) is 4.79. The highest BCUT2D eigenvalue weighted by Gasteiger charge is 2.23. The van der Waals surface area contributed by atoms with Crippen LogP contribution < -0.4 is 5.73 Å².